The van der Waals surface area contributed by atoms with E-state index in [4.69, 9.17) is 11.6 Å². The second-order valence-electron chi connectivity index (χ2n) is 6.03. The van der Waals surface area contributed by atoms with Crippen LogP contribution in [0.1, 0.15) is 19.3 Å². The van der Waals surface area contributed by atoms with Crippen LogP contribution in [-0.4, -0.2) is 34.2 Å². The summed E-state index contributed by atoms with van der Waals surface area (Å²) in [7, 11) is -7.58. The summed E-state index contributed by atoms with van der Waals surface area (Å²) in [6, 6.07) is 12.0. The van der Waals surface area contributed by atoms with E-state index in [9.17, 15) is 16.8 Å². The minimum atomic E-state index is -3.81. The highest BCUT2D eigenvalue weighted by Gasteiger charge is 2.28. The summed E-state index contributed by atoms with van der Waals surface area (Å²) in [5, 5.41) is 0.0678. The molecule has 1 aliphatic rings. The van der Waals surface area contributed by atoms with Crippen molar-refractivity contribution in [2.45, 2.75) is 29.1 Å². The fourth-order valence-corrected chi connectivity index (χ4v) is 5.91. The van der Waals surface area contributed by atoms with Gasteiger partial charge in [-0.05, 0) is 43.2 Å². The molecule has 0 saturated carbocycles. The molecule has 6 nitrogen and oxygen atoms in total. The summed E-state index contributed by atoms with van der Waals surface area (Å²) < 4.78 is 54.4. The number of rotatable bonds is 5. The van der Waals surface area contributed by atoms with Crippen LogP contribution in [0, 0.1) is 0 Å². The first-order chi connectivity index (χ1) is 12.3. The summed E-state index contributed by atoms with van der Waals surface area (Å²) in [5.41, 5.74) is 0.147. The maximum atomic E-state index is 12.9. The topological polar surface area (TPSA) is 83.5 Å². The van der Waals surface area contributed by atoms with E-state index >= 15 is 0 Å². The van der Waals surface area contributed by atoms with Gasteiger partial charge in [0.1, 0.15) is 4.90 Å². The molecule has 0 aromatic heterocycles. The Bertz CT molecular complexity index is 987. The SMILES string of the molecule is O=S(=O)(Nc1ccc(Cl)c(S(=O)(=O)N2CCCCC2)c1)c1ccccc1. The smallest absolute Gasteiger partial charge is 0.261 e. The van der Waals surface area contributed by atoms with Crippen molar-refractivity contribution in [1.82, 2.24) is 4.31 Å². The van der Waals surface area contributed by atoms with E-state index in [0.29, 0.717) is 13.1 Å². The van der Waals surface area contributed by atoms with Gasteiger partial charge in [-0.15, -0.1) is 0 Å². The Morgan fingerprint density at radius 3 is 2.19 bits per heavy atom. The van der Waals surface area contributed by atoms with E-state index in [2.05, 4.69) is 4.72 Å². The lowest BCUT2D eigenvalue weighted by molar-refractivity contribution is 0.346. The number of piperidine rings is 1. The maximum absolute atomic E-state index is 12.9. The molecule has 0 spiro atoms. The molecule has 0 amide bonds. The largest absolute Gasteiger partial charge is 0.280 e. The Hall–Kier alpha value is -1.61. The van der Waals surface area contributed by atoms with E-state index in [-0.39, 0.29) is 20.5 Å². The van der Waals surface area contributed by atoms with Gasteiger partial charge < -0.3 is 0 Å². The number of benzene rings is 2. The normalized spacial score (nSPS) is 16.3. The van der Waals surface area contributed by atoms with Gasteiger partial charge >= 0.3 is 0 Å². The van der Waals surface area contributed by atoms with Crippen LogP contribution >= 0.6 is 11.6 Å². The predicted molar refractivity (Wildman–Crippen MR) is 101 cm³/mol. The zero-order valence-electron chi connectivity index (χ0n) is 13.9. The molecule has 1 saturated heterocycles. The van der Waals surface area contributed by atoms with Crippen LogP contribution in [0.3, 0.4) is 0 Å². The van der Waals surface area contributed by atoms with Crippen molar-refractivity contribution in [3.05, 3.63) is 53.6 Å². The lowest BCUT2D eigenvalue weighted by atomic mass is 10.2. The molecule has 0 atom stereocenters. The maximum Gasteiger partial charge on any atom is 0.261 e. The second kappa shape index (κ2) is 7.56. The van der Waals surface area contributed by atoms with Crippen molar-refractivity contribution >= 4 is 37.3 Å². The molecule has 26 heavy (non-hydrogen) atoms. The minimum Gasteiger partial charge on any atom is -0.280 e. The quantitative estimate of drug-likeness (QED) is 0.813. The Balaban J connectivity index is 1.93. The van der Waals surface area contributed by atoms with Gasteiger partial charge in [0.15, 0.2) is 0 Å². The molecule has 0 bridgehead atoms. The van der Waals surface area contributed by atoms with Gasteiger partial charge in [-0.3, -0.25) is 4.72 Å². The van der Waals surface area contributed by atoms with Gasteiger partial charge in [0.2, 0.25) is 10.0 Å². The van der Waals surface area contributed by atoms with Crippen molar-refractivity contribution in [3.63, 3.8) is 0 Å². The molecule has 0 aliphatic carbocycles. The van der Waals surface area contributed by atoms with Crippen molar-refractivity contribution < 1.29 is 16.8 Å². The Morgan fingerprint density at radius 1 is 0.885 bits per heavy atom. The Labute approximate surface area is 158 Å². The molecule has 140 valence electrons. The van der Waals surface area contributed by atoms with Crippen molar-refractivity contribution in [3.8, 4) is 0 Å². The average molecular weight is 415 g/mol. The number of sulfonamides is 2. The number of halogens is 1. The Morgan fingerprint density at radius 2 is 1.54 bits per heavy atom. The van der Waals surface area contributed by atoms with Crippen molar-refractivity contribution in [2.24, 2.45) is 0 Å². The zero-order chi connectivity index (χ0) is 18.8. The number of hydrogen-bond donors (Lipinski definition) is 1. The van der Waals surface area contributed by atoms with Crippen LogP contribution < -0.4 is 4.72 Å². The van der Waals surface area contributed by atoms with E-state index in [1.54, 1.807) is 18.2 Å². The van der Waals surface area contributed by atoms with Crippen LogP contribution in [0.15, 0.2) is 58.3 Å². The molecule has 1 N–H and O–H groups in total. The van der Waals surface area contributed by atoms with Crippen LogP contribution in [0.4, 0.5) is 5.69 Å². The molecule has 1 heterocycles. The Kier molecular flexibility index (Phi) is 5.57. The van der Waals surface area contributed by atoms with Crippen LogP contribution in [0.2, 0.25) is 5.02 Å². The molecule has 1 aliphatic heterocycles. The summed E-state index contributed by atoms with van der Waals surface area (Å²) in [4.78, 5) is 0.00437. The monoisotopic (exact) mass is 414 g/mol. The molecule has 0 unspecified atom stereocenters. The molecule has 0 radical (unpaired) electrons. The molecule has 3 rings (SSSR count). The summed E-state index contributed by atoms with van der Waals surface area (Å²) in [6.07, 6.45) is 2.60. The van der Waals surface area contributed by atoms with Crippen LogP contribution in [0.5, 0.6) is 0 Å². The van der Waals surface area contributed by atoms with E-state index in [1.165, 1.54) is 34.6 Å². The van der Waals surface area contributed by atoms with E-state index in [0.717, 1.165) is 19.3 Å². The highest BCUT2D eigenvalue weighted by molar-refractivity contribution is 7.92. The number of hydrogen-bond acceptors (Lipinski definition) is 4. The molecular weight excluding hydrogens is 396 g/mol. The van der Waals surface area contributed by atoms with Gasteiger partial charge in [-0.25, -0.2) is 16.8 Å². The summed E-state index contributed by atoms with van der Waals surface area (Å²) in [6.45, 7) is 0.886. The minimum absolute atomic E-state index is 0.0678. The predicted octanol–water partition coefficient (Wildman–Crippen LogP) is 3.32. The van der Waals surface area contributed by atoms with Gasteiger partial charge in [-0.1, -0.05) is 36.2 Å². The third-order valence-electron chi connectivity index (χ3n) is 4.17. The van der Waals surface area contributed by atoms with Gasteiger partial charge in [-0.2, -0.15) is 4.31 Å². The molecular formula is C17H19ClN2O4S2. The van der Waals surface area contributed by atoms with Gasteiger partial charge in [0.05, 0.1) is 15.6 Å². The first-order valence-electron chi connectivity index (χ1n) is 8.18. The van der Waals surface area contributed by atoms with E-state index < -0.39 is 20.0 Å². The molecule has 2 aromatic rings. The highest BCUT2D eigenvalue weighted by Crippen LogP contribution is 2.30. The first kappa shape index (κ1) is 19.2. The number of nitrogens with one attached hydrogen (secondary N) is 1. The lowest BCUT2D eigenvalue weighted by Gasteiger charge is -2.26. The lowest BCUT2D eigenvalue weighted by Crippen LogP contribution is -2.35. The fourth-order valence-electron chi connectivity index (χ4n) is 2.82. The summed E-state index contributed by atoms with van der Waals surface area (Å²) in [5.74, 6) is 0. The van der Waals surface area contributed by atoms with Crippen molar-refractivity contribution in [1.29, 1.82) is 0 Å². The molecule has 1 fully saturated rings. The highest BCUT2D eigenvalue weighted by atomic mass is 35.5. The third-order valence-corrected chi connectivity index (χ3v) is 7.95. The number of anilines is 1. The zero-order valence-corrected chi connectivity index (χ0v) is 16.3. The van der Waals surface area contributed by atoms with Crippen molar-refractivity contribution in [2.75, 3.05) is 17.8 Å². The first-order valence-corrected chi connectivity index (χ1v) is 11.5. The van der Waals surface area contributed by atoms with Crippen LogP contribution in [-0.2, 0) is 20.0 Å². The second-order valence-corrected chi connectivity index (χ2v) is 10.0. The fraction of sp³-hybridized carbons (Fsp3) is 0.294. The van der Waals surface area contributed by atoms with Gasteiger partial charge in [0, 0.05) is 13.1 Å². The standard InChI is InChI=1S/C17H19ClN2O4S2/c18-16-10-9-14(19-25(21,22)15-7-3-1-4-8-15)13-17(16)26(23,24)20-11-5-2-6-12-20/h1,3-4,7-10,13,19H,2,5-6,11-12H2. The number of nitrogens with zero attached hydrogens (tertiary/aromatic N) is 1. The summed E-state index contributed by atoms with van der Waals surface area (Å²) >= 11 is 6.11. The average Bonchev–Trinajstić information content (AvgIpc) is 2.64. The molecule has 9 heteroatoms. The molecule has 2 aromatic carbocycles. The van der Waals surface area contributed by atoms with Crippen LogP contribution in [0.25, 0.3) is 0 Å². The third kappa shape index (κ3) is 4.03. The van der Waals surface area contributed by atoms with Gasteiger partial charge in [0.25, 0.3) is 10.0 Å². The van der Waals surface area contributed by atoms with E-state index in [1.807, 2.05) is 0 Å².